The van der Waals surface area contributed by atoms with Crippen molar-refractivity contribution in [1.82, 2.24) is 0 Å². The Morgan fingerprint density at radius 3 is 2.46 bits per heavy atom. The van der Waals surface area contributed by atoms with Gasteiger partial charge in [-0.1, -0.05) is 36.6 Å². The zero-order valence-electron chi connectivity index (χ0n) is 14.2. The number of halogens is 2. The van der Waals surface area contributed by atoms with Crippen LogP contribution in [0.2, 0.25) is 5.02 Å². The van der Waals surface area contributed by atoms with Gasteiger partial charge in [0.2, 0.25) is 5.91 Å². The summed E-state index contributed by atoms with van der Waals surface area (Å²) >= 11 is 6.32. The van der Waals surface area contributed by atoms with Crippen LogP contribution in [0.25, 0.3) is 0 Å². The van der Waals surface area contributed by atoms with Crippen molar-refractivity contribution in [3.63, 3.8) is 0 Å². The van der Waals surface area contributed by atoms with Gasteiger partial charge < -0.3 is 14.8 Å². The van der Waals surface area contributed by atoms with E-state index >= 15 is 0 Å². The Kier molecular flexibility index (Phi) is 4.49. The molecule has 136 valence electrons. The molecule has 1 N–H and O–H groups in total. The number of nitrogens with one attached hydrogen (secondary N) is 1. The molecular weight excluding hydrogens is 357 g/mol. The van der Waals surface area contributed by atoms with Crippen molar-refractivity contribution in [1.29, 1.82) is 0 Å². The number of ether oxygens (including phenoxy) is 2. The van der Waals surface area contributed by atoms with E-state index in [0.29, 0.717) is 53.8 Å². The molecule has 0 atom stereocenters. The van der Waals surface area contributed by atoms with Gasteiger partial charge in [0.1, 0.15) is 19.0 Å². The standard InChI is InChI=1S/C20H19ClFNO3/c21-15-11-17-18(26-9-8-25-17)12-16(15)23-19(24)20(6-1-2-7-20)13-4-3-5-14(22)10-13/h3-5,10-12H,1-2,6-9H2,(H,23,24). The molecule has 1 heterocycles. The Bertz CT molecular complexity index is 849. The molecular formula is C20H19ClFNO3. The average Bonchev–Trinajstić information content (AvgIpc) is 3.13. The molecule has 0 unspecified atom stereocenters. The third-order valence-corrected chi connectivity index (χ3v) is 5.46. The van der Waals surface area contributed by atoms with E-state index in [2.05, 4.69) is 5.32 Å². The van der Waals surface area contributed by atoms with Crippen molar-refractivity contribution < 1.29 is 18.7 Å². The minimum Gasteiger partial charge on any atom is -0.486 e. The Labute approximate surface area is 156 Å². The first-order valence-electron chi connectivity index (χ1n) is 8.75. The van der Waals surface area contributed by atoms with Gasteiger partial charge in [0.25, 0.3) is 0 Å². The first-order chi connectivity index (χ1) is 12.6. The van der Waals surface area contributed by atoms with Gasteiger partial charge in [-0.3, -0.25) is 4.79 Å². The van der Waals surface area contributed by atoms with Crippen LogP contribution in [0.15, 0.2) is 36.4 Å². The number of carbonyl (C=O) groups excluding carboxylic acids is 1. The van der Waals surface area contributed by atoms with Gasteiger partial charge in [-0.25, -0.2) is 4.39 Å². The van der Waals surface area contributed by atoms with Gasteiger partial charge in [0.05, 0.1) is 16.1 Å². The number of fused-ring (bicyclic) bond motifs is 1. The molecule has 1 amide bonds. The van der Waals surface area contributed by atoms with Crippen LogP contribution in [0.4, 0.5) is 10.1 Å². The van der Waals surface area contributed by atoms with E-state index in [1.807, 2.05) is 6.07 Å². The first kappa shape index (κ1) is 17.2. The highest BCUT2D eigenvalue weighted by molar-refractivity contribution is 6.34. The normalized spacial score (nSPS) is 17.8. The fourth-order valence-electron chi connectivity index (χ4n) is 3.81. The lowest BCUT2D eigenvalue weighted by Crippen LogP contribution is -2.38. The molecule has 0 spiro atoms. The maximum atomic E-state index is 13.8. The smallest absolute Gasteiger partial charge is 0.235 e. The highest BCUT2D eigenvalue weighted by Crippen LogP contribution is 2.44. The van der Waals surface area contributed by atoms with Crippen molar-refractivity contribution in [2.75, 3.05) is 18.5 Å². The van der Waals surface area contributed by atoms with Crippen LogP contribution < -0.4 is 14.8 Å². The van der Waals surface area contributed by atoms with Crippen molar-refractivity contribution in [3.8, 4) is 11.5 Å². The first-order valence-corrected chi connectivity index (χ1v) is 9.13. The largest absolute Gasteiger partial charge is 0.486 e. The molecule has 0 aromatic heterocycles. The summed E-state index contributed by atoms with van der Waals surface area (Å²) in [5, 5.41) is 3.32. The van der Waals surface area contributed by atoms with Crippen molar-refractivity contribution in [2.45, 2.75) is 31.1 Å². The van der Waals surface area contributed by atoms with Gasteiger partial charge in [-0.15, -0.1) is 0 Å². The van der Waals surface area contributed by atoms with Gasteiger partial charge in [0.15, 0.2) is 11.5 Å². The minimum absolute atomic E-state index is 0.167. The highest BCUT2D eigenvalue weighted by atomic mass is 35.5. The third kappa shape index (κ3) is 3.01. The van der Waals surface area contributed by atoms with Crippen LogP contribution in [0, 0.1) is 5.82 Å². The van der Waals surface area contributed by atoms with E-state index in [0.717, 1.165) is 12.8 Å². The Balaban J connectivity index is 1.66. The molecule has 1 fully saturated rings. The summed E-state index contributed by atoms with van der Waals surface area (Å²) in [6, 6.07) is 9.64. The predicted molar refractivity (Wildman–Crippen MR) is 97.6 cm³/mol. The third-order valence-electron chi connectivity index (χ3n) is 5.15. The average molecular weight is 376 g/mol. The molecule has 2 aliphatic rings. The number of benzene rings is 2. The van der Waals surface area contributed by atoms with Gasteiger partial charge in [-0.05, 0) is 30.5 Å². The number of hydrogen-bond acceptors (Lipinski definition) is 3. The number of carbonyl (C=O) groups is 1. The zero-order valence-corrected chi connectivity index (χ0v) is 14.9. The molecule has 26 heavy (non-hydrogen) atoms. The Hall–Kier alpha value is -2.27. The molecule has 1 saturated carbocycles. The quantitative estimate of drug-likeness (QED) is 0.845. The predicted octanol–water partition coefficient (Wildman–Crippen LogP) is 4.70. The zero-order chi connectivity index (χ0) is 18.1. The molecule has 4 rings (SSSR count). The van der Waals surface area contributed by atoms with Crippen LogP contribution in [-0.4, -0.2) is 19.1 Å². The number of anilines is 1. The van der Waals surface area contributed by atoms with E-state index in [1.165, 1.54) is 12.1 Å². The van der Waals surface area contributed by atoms with E-state index in [1.54, 1.807) is 18.2 Å². The monoisotopic (exact) mass is 375 g/mol. The fourth-order valence-corrected chi connectivity index (χ4v) is 4.01. The number of amides is 1. The van der Waals surface area contributed by atoms with Crippen molar-refractivity contribution in [3.05, 3.63) is 52.8 Å². The van der Waals surface area contributed by atoms with Crippen LogP contribution in [0.1, 0.15) is 31.2 Å². The molecule has 0 bridgehead atoms. The molecule has 6 heteroatoms. The van der Waals surface area contributed by atoms with E-state index in [9.17, 15) is 9.18 Å². The Morgan fingerprint density at radius 1 is 1.08 bits per heavy atom. The molecule has 1 aliphatic carbocycles. The molecule has 2 aromatic rings. The maximum absolute atomic E-state index is 13.8. The fraction of sp³-hybridized carbons (Fsp3) is 0.350. The van der Waals surface area contributed by atoms with Gasteiger partial charge >= 0.3 is 0 Å². The second-order valence-electron chi connectivity index (χ2n) is 6.73. The molecule has 0 saturated heterocycles. The summed E-state index contributed by atoms with van der Waals surface area (Å²) in [6.07, 6.45) is 3.23. The maximum Gasteiger partial charge on any atom is 0.235 e. The van der Waals surface area contributed by atoms with E-state index in [-0.39, 0.29) is 11.7 Å². The summed E-state index contributed by atoms with van der Waals surface area (Å²) in [7, 11) is 0. The summed E-state index contributed by atoms with van der Waals surface area (Å²) in [5.74, 6) is 0.625. The minimum atomic E-state index is -0.737. The van der Waals surface area contributed by atoms with Crippen molar-refractivity contribution >= 4 is 23.2 Å². The summed E-state index contributed by atoms with van der Waals surface area (Å²) < 4.78 is 24.8. The van der Waals surface area contributed by atoms with Crippen LogP contribution in [0.5, 0.6) is 11.5 Å². The van der Waals surface area contributed by atoms with Gasteiger partial charge in [0, 0.05) is 12.1 Å². The van der Waals surface area contributed by atoms with Gasteiger partial charge in [-0.2, -0.15) is 0 Å². The summed E-state index contributed by atoms with van der Waals surface area (Å²) in [4.78, 5) is 13.2. The second-order valence-corrected chi connectivity index (χ2v) is 7.14. The second kappa shape index (κ2) is 6.80. The molecule has 2 aromatic carbocycles. The number of rotatable bonds is 3. The summed E-state index contributed by atoms with van der Waals surface area (Å²) in [5.41, 5.74) is 0.448. The van der Waals surface area contributed by atoms with Crippen LogP contribution in [-0.2, 0) is 10.2 Å². The Morgan fingerprint density at radius 2 is 1.77 bits per heavy atom. The topological polar surface area (TPSA) is 47.6 Å². The lowest BCUT2D eigenvalue weighted by atomic mass is 9.78. The molecule has 4 nitrogen and oxygen atoms in total. The SMILES string of the molecule is O=C(Nc1cc2c(cc1Cl)OCCO2)C1(c2cccc(F)c2)CCCC1. The highest BCUT2D eigenvalue weighted by Gasteiger charge is 2.43. The molecule has 1 aliphatic heterocycles. The van der Waals surface area contributed by atoms with E-state index in [4.69, 9.17) is 21.1 Å². The van der Waals surface area contributed by atoms with Crippen molar-refractivity contribution in [2.24, 2.45) is 0 Å². The van der Waals surface area contributed by atoms with Crippen LogP contribution in [0.3, 0.4) is 0 Å². The van der Waals surface area contributed by atoms with Crippen LogP contribution >= 0.6 is 11.6 Å². The lowest BCUT2D eigenvalue weighted by Gasteiger charge is -2.29. The van der Waals surface area contributed by atoms with E-state index < -0.39 is 5.41 Å². The molecule has 0 radical (unpaired) electrons. The lowest BCUT2D eigenvalue weighted by molar-refractivity contribution is -0.121. The summed E-state index contributed by atoms with van der Waals surface area (Å²) in [6.45, 7) is 0.924. The number of hydrogen-bond donors (Lipinski definition) is 1.